The summed E-state index contributed by atoms with van der Waals surface area (Å²) in [5, 5.41) is 9.51. The molecule has 0 aliphatic rings. The molecule has 0 saturated carbocycles. The fourth-order valence-corrected chi connectivity index (χ4v) is 3.64. The number of alkyl halides is 3. The Labute approximate surface area is 181 Å². The normalized spacial score (nSPS) is 11.7. The zero-order valence-electron chi connectivity index (χ0n) is 18.0. The van der Waals surface area contributed by atoms with Gasteiger partial charge in [0.2, 0.25) is 0 Å². The minimum atomic E-state index is -4.77. The molecule has 170 valence electrons. The highest BCUT2D eigenvalue weighted by molar-refractivity contribution is 5.99. The van der Waals surface area contributed by atoms with Crippen molar-refractivity contribution >= 4 is 28.4 Å². The molecule has 1 aromatic carbocycles. The van der Waals surface area contributed by atoms with E-state index in [4.69, 9.17) is 10.8 Å². The number of nitrogens with zero attached hydrogens (tertiary/aromatic N) is 3. The summed E-state index contributed by atoms with van der Waals surface area (Å²) in [7, 11) is 4.87. The van der Waals surface area contributed by atoms with Gasteiger partial charge in [0.25, 0.3) is 5.56 Å². The SMILES string of the molecule is Cc1cc(C(F)(F)F)c(-c2ccc(CCC(=O)O)c3cc(N(C)C)c(N)nc23)c(=O)n1C. The number of pyridine rings is 2. The number of carboxylic acid groups (broad SMARTS) is 1. The third-order valence-electron chi connectivity index (χ3n) is 5.42. The molecule has 0 aliphatic carbocycles. The number of benzene rings is 1. The van der Waals surface area contributed by atoms with Gasteiger partial charge in [-0.1, -0.05) is 12.1 Å². The summed E-state index contributed by atoms with van der Waals surface area (Å²) < 4.78 is 42.8. The van der Waals surface area contributed by atoms with E-state index in [-0.39, 0.29) is 35.4 Å². The molecular formula is C22H23F3N4O3. The fourth-order valence-electron chi connectivity index (χ4n) is 3.64. The molecule has 32 heavy (non-hydrogen) atoms. The zero-order valence-corrected chi connectivity index (χ0v) is 18.0. The van der Waals surface area contributed by atoms with Crippen molar-refractivity contribution in [3.8, 4) is 11.1 Å². The van der Waals surface area contributed by atoms with E-state index >= 15 is 0 Å². The minimum Gasteiger partial charge on any atom is -0.481 e. The van der Waals surface area contributed by atoms with Crippen LogP contribution >= 0.6 is 0 Å². The van der Waals surface area contributed by atoms with E-state index in [1.807, 2.05) is 0 Å². The van der Waals surface area contributed by atoms with Gasteiger partial charge in [0.1, 0.15) is 5.82 Å². The molecule has 7 nitrogen and oxygen atoms in total. The smallest absolute Gasteiger partial charge is 0.417 e. The molecule has 0 aliphatic heterocycles. The molecular weight excluding hydrogens is 425 g/mol. The molecule has 10 heteroatoms. The van der Waals surface area contributed by atoms with Crippen LogP contribution in [0.25, 0.3) is 22.0 Å². The number of aliphatic carboxylic acids is 1. The second-order valence-corrected chi connectivity index (χ2v) is 7.79. The summed E-state index contributed by atoms with van der Waals surface area (Å²) in [6, 6.07) is 5.50. The molecule has 0 fully saturated rings. The van der Waals surface area contributed by atoms with Crippen LogP contribution in [-0.4, -0.2) is 34.7 Å². The molecule has 0 bridgehead atoms. The average Bonchev–Trinajstić information content (AvgIpc) is 2.68. The summed E-state index contributed by atoms with van der Waals surface area (Å²) in [4.78, 5) is 30.1. The lowest BCUT2D eigenvalue weighted by Gasteiger charge is -2.20. The number of aromatic nitrogens is 2. The summed E-state index contributed by atoms with van der Waals surface area (Å²) in [5.41, 5.74) is 5.05. The topological polar surface area (TPSA) is 101 Å². The maximum atomic E-state index is 13.9. The van der Waals surface area contributed by atoms with Gasteiger partial charge in [-0.3, -0.25) is 9.59 Å². The minimum absolute atomic E-state index is 0.0102. The summed E-state index contributed by atoms with van der Waals surface area (Å²) in [5.74, 6) is -0.929. The van der Waals surface area contributed by atoms with Gasteiger partial charge < -0.3 is 20.3 Å². The molecule has 0 saturated heterocycles. The van der Waals surface area contributed by atoms with Crippen LogP contribution in [0.2, 0.25) is 0 Å². The summed E-state index contributed by atoms with van der Waals surface area (Å²) in [6.45, 7) is 1.42. The van der Waals surface area contributed by atoms with Crippen molar-refractivity contribution in [3.05, 3.63) is 51.4 Å². The van der Waals surface area contributed by atoms with Crippen LogP contribution in [0, 0.1) is 6.92 Å². The Kier molecular flexibility index (Phi) is 5.90. The van der Waals surface area contributed by atoms with Gasteiger partial charge in [0.05, 0.1) is 22.3 Å². The van der Waals surface area contributed by atoms with Crippen molar-refractivity contribution in [2.45, 2.75) is 25.9 Å². The van der Waals surface area contributed by atoms with E-state index in [0.29, 0.717) is 16.6 Å². The number of anilines is 2. The van der Waals surface area contributed by atoms with Gasteiger partial charge in [0, 0.05) is 44.2 Å². The molecule has 3 N–H and O–H groups in total. The third kappa shape index (κ3) is 4.12. The Hall–Kier alpha value is -3.56. The van der Waals surface area contributed by atoms with Crippen LogP contribution in [0.5, 0.6) is 0 Å². The number of carbonyl (C=O) groups is 1. The fraction of sp³-hybridized carbons (Fsp3) is 0.318. The Balaban J connectivity index is 2.45. The first kappa shape index (κ1) is 23.1. The predicted molar refractivity (Wildman–Crippen MR) is 117 cm³/mol. The molecule has 0 amide bonds. The number of carboxylic acids is 1. The second-order valence-electron chi connectivity index (χ2n) is 7.79. The molecule has 0 radical (unpaired) electrons. The molecule has 0 unspecified atom stereocenters. The lowest BCUT2D eigenvalue weighted by atomic mass is 9.93. The van der Waals surface area contributed by atoms with E-state index in [9.17, 15) is 22.8 Å². The first-order valence-electron chi connectivity index (χ1n) is 9.72. The van der Waals surface area contributed by atoms with Crippen molar-refractivity contribution in [3.63, 3.8) is 0 Å². The largest absolute Gasteiger partial charge is 0.481 e. The highest BCUT2D eigenvalue weighted by Gasteiger charge is 2.36. The van der Waals surface area contributed by atoms with Crippen LogP contribution in [0.4, 0.5) is 24.7 Å². The van der Waals surface area contributed by atoms with Crippen LogP contribution in [0.15, 0.2) is 29.1 Å². The maximum Gasteiger partial charge on any atom is 0.417 e. The number of aryl methyl sites for hydroxylation is 2. The van der Waals surface area contributed by atoms with Crippen LogP contribution in [0.3, 0.4) is 0 Å². The van der Waals surface area contributed by atoms with Crippen molar-refractivity contribution in [2.24, 2.45) is 7.05 Å². The average molecular weight is 448 g/mol. The number of fused-ring (bicyclic) bond motifs is 1. The highest BCUT2D eigenvalue weighted by atomic mass is 19.4. The number of nitrogens with two attached hydrogens (primary N) is 1. The molecule has 3 aromatic rings. The first-order chi connectivity index (χ1) is 14.8. The van der Waals surface area contributed by atoms with E-state index in [1.165, 1.54) is 26.1 Å². The molecule has 2 aromatic heterocycles. The van der Waals surface area contributed by atoms with Gasteiger partial charge in [-0.15, -0.1) is 0 Å². The predicted octanol–water partition coefficient (Wildman–Crippen LogP) is 3.59. The van der Waals surface area contributed by atoms with Crippen LogP contribution in [-0.2, 0) is 24.4 Å². The number of rotatable bonds is 5. The van der Waals surface area contributed by atoms with E-state index in [2.05, 4.69) is 4.98 Å². The van der Waals surface area contributed by atoms with Crippen molar-refractivity contribution < 1.29 is 23.1 Å². The van der Waals surface area contributed by atoms with E-state index in [1.54, 1.807) is 25.1 Å². The third-order valence-corrected chi connectivity index (χ3v) is 5.42. The summed E-state index contributed by atoms with van der Waals surface area (Å²) >= 11 is 0. The van der Waals surface area contributed by atoms with Crippen molar-refractivity contribution in [1.82, 2.24) is 9.55 Å². The van der Waals surface area contributed by atoms with Gasteiger partial charge in [0.15, 0.2) is 0 Å². The van der Waals surface area contributed by atoms with Gasteiger partial charge in [-0.25, -0.2) is 4.98 Å². The highest BCUT2D eigenvalue weighted by Crippen LogP contribution is 2.39. The Morgan fingerprint density at radius 3 is 2.47 bits per heavy atom. The quantitative estimate of drug-likeness (QED) is 0.619. The second kappa shape index (κ2) is 8.18. The maximum absolute atomic E-state index is 13.9. The zero-order chi connectivity index (χ0) is 24.0. The summed E-state index contributed by atoms with van der Waals surface area (Å²) in [6.07, 6.45) is -4.80. The molecule has 2 heterocycles. The number of halogens is 3. The lowest BCUT2D eigenvalue weighted by Crippen LogP contribution is -2.25. The van der Waals surface area contributed by atoms with Crippen molar-refractivity contribution in [1.29, 1.82) is 0 Å². The molecule has 0 spiro atoms. The Morgan fingerprint density at radius 1 is 1.25 bits per heavy atom. The van der Waals surface area contributed by atoms with Crippen molar-refractivity contribution in [2.75, 3.05) is 24.7 Å². The molecule has 3 rings (SSSR count). The monoisotopic (exact) mass is 448 g/mol. The van der Waals surface area contributed by atoms with Gasteiger partial charge in [-0.05, 0) is 31.0 Å². The first-order valence-corrected chi connectivity index (χ1v) is 9.72. The van der Waals surface area contributed by atoms with Crippen LogP contribution < -0.4 is 16.2 Å². The van der Waals surface area contributed by atoms with Gasteiger partial charge >= 0.3 is 12.1 Å². The number of nitrogen functional groups attached to an aromatic ring is 1. The van der Waals surface area contributed by atoms with E-state index < -0.39 is 28.8 Å². The Bertz CT molecular complexity index is 1280. The standard InChI is InChI=1S/C22H23F3N4O3/c1-11-9-15(22(23,24)25)18(21(32)29(11)4)13-7-5-12(6-8-17(30)31)14-10-16(28(2)3)20(26)27-19(13)14/h5,7,9-10H,6,8H2,1-4H3,(H2,26,27)(H,30,31). The number of hydrogen-bond donors (Lipinski definition) is 2. The van der Waals surface area contributed by atoms with E-state index in [0.717, 1.165) is 10.6 Å². The molecule has 0 atom stereocenters. The lowest BCUT2D eigenvalue weighted by molar-refractivity contribution is -0.138. The van der Waals surface area contributed by atoms with Gasteiger partial charge in [-0.2, -0.15) is 13.2 Å². The Morgan fingerprint density at radius 2 is 1.91 bits per heavy atom. The number of hydrogen-bond acceptors (Lipinski definition) is 5. The van der Waals surface area contributed by atoms with Crippen LogP contribution in [0.1, 0.15) is 23.2 Å².